The maximum atomic E-state index is 12.5. The maximum Gasteiger partial charge on any atom is 0.387 e. The van der Waals surface area contributed by atoms with Crippen LogP contribution in [-0.4, -0.2) is 44.2 Å². The fraction of sp³-hybridized carbons (Fsp3) is 0.500. The van der Waals surface area contributed by atoms with Crippen molar-refractivity contribution >= 4 is 5.91 Å². The van der Waals surface area contributed by atoms with E-state index >= 15 is 0 Å². The van der Waals surface area contributed by atoms with Crippen LogP contribution < -0.4 is 10.1 Å². The van der Waals surface area contributed by atoms with Gasteiger partial charge in [-0.15, -0.1) is 0 Å². The first-order valence-corrected chi connectivity index (χ1v) is 6.69. The highest BCUT2D eigenvalue weighted by molar-refractivity contribution is 5.81. The molecule has 0 saturated carbocycles. The van der Waals surface area contributed by atoms with E-state index in [1.54, 1.807) is 30.2 Å². The van der Waals surface area contributed by atoms with Crippen LogP contribution in [0.25, 0.3) is 0 Å². The Morgan fingerprint density at radius 2 is 2.19 bits per heavy atom. The zero-order valence-electron chi connectivity index (χ0n) is 11.7. The number of para-hydroxylation sites is 1. The molecule has 1 aromatic carbocycles. The second kappa shape index (κ2) is 7.33. The molecule has 21 heavy (non-hydrogen) atoms. The predicted octanol–water partition coefficient (Wildman–Crippen LogP) is 1.75. The van der Waals surface area contributed by atoms with Crippen molar-refractivity contribution < 1.29 is 23.0 Å². The number of alkyl halides is 2. The summed E-state index contributed by atoms with van der Waals surface area (Å²) in [4.78, 5) is 13.5. The SMILES string of the molecule is COCCCN1C(=O)CNC1c1ccccc1OC(F)F. The number of hydrogen-bond acceptors (Lipinski definition) is 4. The number of carbonyl (C=O) groups excluding carboxylic acids is 1. The van der Waals surface area contributed by atoms with Gasteiger partial charge in [0.25, 0.3) is 0 Å². The summed E-state index contributed by atoms with van der Waals surface area (Å²) in [5.74, 6) is 0.0133. The number of amides is 1. The summed E-state index contributed by atoms with van der Waals surface area (Å²) < 4.78 is 34.4. The molecule has 1 unspecified atom stereocenters. The molecule has 116 valence electrons. The quantitative estimate of drug-likeness (QED) is 0.780. The summed E-state index contributed by atoms with van der Waals surface area (Å²) in [6, 6.07) is 6.50. The average molecular weight is 300 g/mol. The molecule has 1 aromatic rings. The molecule has 1 amide bonds. The second-order valence-corrected chi connectivity index (χ2v) is 4.63. The van der Waals surface area contributed by atoms with E-state index in [9.17, 15) is 13.6 Å². The molecule has 0 radical (unpaired) electrons. The highest BCUT2D eigenvalue weighted by Crippen LogP contribution is 2.31. The molecule has 7 heteroatoms. The van der Waals surface area contributed by atoms with E-state index in [4.69, 9.17) is 4.74 Å². The van der Waals surface area contributed by atoms with E-state index in [1.807, 2.05) is 0 Å². The lowest BCUT2D eigenvalue weighted by Crippen LogP contribution is -2.32. The summed E-state index contributed by atoms with van der Waals surface area (Å²) in [6.07, 6.45) is 0.225. The van der Waals surface area contributed by atoms with Gasteiger partial charge in [0.1, 0.15) is 11.9 Å². The minimum Gasteiger partial charge on any atom is -0.434 e. The Hall–Kier alpha value is -1.73. The number of nitrogens with zero attached hydrogens (tertiary/aromatic N) is 1. The Balaban J connectivity index is 2.17. The molecule has 1 atom stereocenters. The van der Waals surface area contributed by atoms with Crippen molar-refractivity contribution in [1.82, 2.24) is 10.2 Å². The number of methoxy groups -OCH3 is 1. The largest absolute Gasteiger partial charge is 0.434 e. The van der Waals surface area contributed by atoms with Crippen LogP contribution in [0.3, 0.4) is 0 Å². The molecule has 1 heterocycles. The summed E-state index contributed by atoms with van der Waals surface area (Å²) in [6.45, 7) is -1.69. The van der Waals surface area contributed by atoms with E-state index in [-0.39, 0.29) is 18.2 Å². The smallest absolute Gasteiger partial charge is 0.387 e. The van der Waals surface area contributed by atoms with E-state index in [1.165, 1.54) is 6.07 Å². The van der Waals surface area contributed by atoms with Gasteiger partial charge in [0.05, 0.1) is 6.54 Å². The van der Waals surface area contributed by atoms with Crippen molar-refractivity contribution in [1.29, 1.82) is 0 Å². The van der Waals surface area contributed by atoms with Gasteiger partial charge in [-0.05, 0) is 12.5 Å². The van der Waals surface area contributed by atoms with Gasteiger partial charge in [0.2, 0.25) is 5.91 Å². The van der Waals surface area contributed by atoms with Gasteiger partial charge in [0.15, 0.2) is 0 Å². The monoisotopic (exact) mass is 300 g/mol. The van der Waals surface area contributed by atoms with Gasteiger partial charge in [-0.3, -0.25) is 10.1 Å². The van der Waals surface area contributed by atoms with Crippen LogP contribution in [0.15, 0.2) is 24.3 Å². The van der Waals surface area contributed by atoms with Crippen LogP contribution in [0.2, 0.25) is 0 Å². The van der Waals surface area contributed by atoms with Gasteiger partial charge in [0, 0.05) is 25.8 Å². The van der Waals surface area contributed by atoms with E-state index in [0.29, 0.717) is 25.1 Å². The molecule has 1 saturated heterocycles. The molecule has 2 rings (SSSR count). The molecule has 0 bridgehead atoms. The number of halogens is 2. The number of rotatable bonds is 7. The molecule has 1 fully saturated rings. The molecular weight excluding hydrogens is 282 g/mol. The number of hydrogen-bond donors (Lipinski definition) is 1. The van der Waals surface area contributed by atoms with Crippen LogP contribution in [0, 0.1) is 0 Å². The summed E-state index contributed by atoms with van der Waals surface area (Å²) >= 11 is 0. The number of ether oxygens (including phenoxy) is 2. The lowest BCUT2D eigenvalue weighted by atomic mass is 10.1. The second-order valence-electron chi connectivity index (χ2n) is 4.63. The minimum absolute atomic E-state index is 0.0667. The maximum absolute atomic E-state index is 12.5. The molecule has 0 aliphatic carbocycles. The first-order chi connectivity index (χ1) is 10.1. The standard InChI is InChI=1S/C14H18F2N2O3/c1-20-8-4-7-18-12(19)9-17-13(18)10-5-2-3-6-11(10)21-14(15)16/h2-3,5-6,13-14,17H,4,7-9H2,1H3. The van der Waals surface area contributed by atoms with E-state index in [0.717, 1.165) is 0 Å². The van der Waals surface area contributed by atoms with Crippen molar-refractivity contribution in [2.45, 2.75) is 19.2 Å². The molecular formula is C14H18F2N2O3. The van der Waals surface area contributed by atoms with Crippen molar-refractivity contribution in [3.8, 4) is 5.75 Å². The van der Waals surface area contributed by atoms with Crippen LogP contribution in [0.4, 0.5) is 8.78 Å². The predicted molar refractivity (Wildman–Crippen MR) is 72.0 cm³/mol. The fourth-order valence-electron chi connectivity index (χ4n) is 2.36. The minimum atomic E-state index is -2.90. The van der Waals surface area contributed by atoms with Gasteiger partial charge in [-0.25, -0.2) is 0 Å². The van der Waals surface area contributed by atoms with Crippen LogP contribution >= 0.6 is 0 Å². The highest BCUT2D eigenvalue weighted by atomic mass is 19.3. The Bertz CT molecular complexity index is 485. The van der Waals surface area contributed by atoms with Crippen molar-refractivity contribution in [3.05, 3.63) is 29.8 Å². The van der Waals surface area contributed by atoms with Crippen molar-refractivity contribution in [3.63, 3.8) is 0 Å². The number of carbonyl (C=O) groups is 1. The summed E-state index contributed by atoms with van der Waals surface area (Å²) in [7, 11) is 1.59. The summed E-state index contributed by atoms with van der Waals surface area (Å²) in [5, 5.41) is 3.02. The first-order valence-electron chi connectivity index (χ1n) is 6.69. The van der Waals surface area contributed by atoms with Gasteiger partial charge in [-0.2, -0.15) is 8.78 Å². The highest BCUT2D eigenvalue weighted by Gasteiger charge is 2.33. The topological polar surface area (TPSA) is 50.8 Å². The van der Waals surface area contributed by atoms with E-state index in [2.05, 4.69) is 10.1 Å². The molecule has 1 aliphatic heterocycles. The average Bonchev–Trinajstić information content (AvgIpc) is 2.81. The third kappa shape index (κ3) is 3.89. The molecule has 0 spiro atoms. The van der Waals surface area contributed by atoms with Gasteiger partial charge < -0.3 is 14.4 Å². The molecule has 0 aromatic heterocycles. The normalized spacial score (nSPS) is 18.6. The number of nitrogens with one attached hydrogen (secondary N) is 1. The fourth-order valence-corrected chi connectivity index (χ4v) is 2.36. The first kappa shape index (κ1) is 15.7. The molecule has 1 N–H and O–H groups in total. The number of benzene rings is 1. The van der Waals surface area contributed by atoms with Crippen molar-refractivity contribution in [2.75, 3.05) is 26.8 Å². The molecule has 1 aliphatic rings. The lowest BCUT2D eigenvalue weighted by molar-refractivity contribution is -0.128. The van der Waals surface area contributed by atoms with Crippen molar-refractivity contribution in [2.24, 2.45) is 0 Å². The zero-order valence-corrected chi connectivity index (χ0v) is 11.7. The molecule has 5 nitrogen and oxygen atoms in total. The lowest BCUT2D eigenvalue weighted by Gasteiger charge is -2.26. The van der Waals surface area contributed by atoms with Gasteiger partial charge >= 0.3 is 6.61 Å². The third-order valence-electron chi connectivity index (χ3n) is 3.26. The third-order valence-corrected chi connectivity index (χ3v) is 3.26. The Morgan fingerprint density at radius 1 is 1.43 bits per heavy atom. The Kier molecular flexibility index (Phi) is 5.46. The van der Waals surface area contributed by atoms with E-state index < -0.39 is 12.8 Å². The van der Waals surface area contributed by atoms with Gasteiger partial charge in [-0.1, -0.05) is 18.2 Å². The van der Waals surface area contributed by atoms with Crippen LogP contribution in [0.5, 0.6) is 5.75 Å². The Labute approximate surface area is 121 Å². The van der Waals surface area contributed by atoms with Crippen LogP contribution in [0.1, 0.15) is 18.2 Å². The zero-order chi connectivity index (χ0) is 15.2. The Morgan fingerprint density at radius 3 is 2.90 bits per heavy atom. The summed E-state index contributed by atoms with van der Waals surface area (Å²) in [5.41, 5.74) is 0.529. The van der Waals surface area contributed by atoms with Crippen LogP contribution in [-0.2, 0) is 9.53 Å².